The monoisotopic (exact) mass is 480 g/mol. The summed E-state index contributed by atoms with van der Waals surface area (Å²) in [4.78, 5) is 47.7. The Morgan fingerprint density at radius 3 is 2.75 bits per heavy atom. The molecule has 1 unspecified atom stereocenters. The molecule has 13 heteroatoms. The highest BCUT2D eigenvalue weighted by Crippen LogP contribution is 2.40. The molecule has 2 saturated heterocycles. The number of carbonyl (C=O) groups is 3. The SMILES string of the molecule is CO/N=C(\C(=O)N[C@H]1C(=O)N2C(C(=O)[O-])C(C[N+]3(C)CCCC3)=CS[C@@H]12)c1csc(N)n1. The first-order chi connectivity index (χ1) is 15.2. The van der Waals surface area contributed by atoms with Gasteiger partial charge in [-0.05, 0) is 5.41 Å². The number of aliphatic carboxylic acids is 1. The average Bonchev–Trinajstić information content (AvgIpc) is 3.37. The molecule has 0 radical (unpaired) electrons. The first kappa shape index (κ1) is 22.6. The molecular weight excluding hydrogens is 456 g/mol. The molecular formula is C19H24N6O5S2. The van der Waals surface area contributed by atoms with Crippen LogP contribution in [0.15, 0.2) is 21.5 Å². The van der Waals surface area contributed by atoms with Crippen LogP contribution in [0.25, 0.3) is 0 Å². The topological polar surface area (TPSA) is 150 Å². The Morgan fingerprint density at radius 1 is 1.44 bits per heavy atom. The van der Waals surface area contributed by atoms with Crippen molar-refractivity contribution in [2.24, 2.45) is 5.16 Å². The molecule has 32 heavy (non-hydrogen) atoms. The number of nitrogen functional groups attached to an aromatic ring is 1. The van der Waals surface area contributed by atoms with Gasteiger partial charge in [0.2, 0.25) is 5.91 Å². The fourth-order valence-electron chi connectivity index (χ4n) is 4.43. The van der Waals surface area contributed by atoms with E-state index in [1.54, 1.807) is 10.8 Å². The van der Waals surface area contributed by atoms with Crippen LogP contribution >= 0.6 is 23.1 Å². The van der Waals surface area contributed by atoms with Gasteiger partial charge >= 0.3 is 0 Å². The van der Waals surface area contributed by atoms with E-state index in [-0.39, 0.29) is 16.5 Å². The first-order valence-corrected chi connectivity index (χ1v) is 11.9. The number of oxime groups is 1. The number of aromatic nitrogens is 1. The number of nitrogens with one attached hydrogen (secondary N) is 1. The summed E-state index contributed by atoms with van der Waals surface area (Å²) in [6, 6.07) is -2.04. The van der Waals surface area contributed by atoms with Crippen LogP contribution in [0.3, 0.4) is 0 Å². The quantitative estimate of drug-likeness (QED) is 0.212. The van der Waals surface area contributed by atoms with Gasteiger partial charge in [0.15, 0.2) is 10.8 Å². The minimum Gasteiger partial charge on any atom is -0.548 e. The lowest BCUT2D eigenvalue weighted by Crippen LogP contribution is -2.75. The Labute approximate surface area is 192 Å². The van der Waals surface area contributed by atoms with Gasteiger partial charge in [-0.15, -0.1) is 23.1 Å². The molecule has 3 N–H and O–H groups in total. The number of rotatable bonds is 7. The van der Waals surface area contributed by atoms with Crippen molar-refractivity contribution in [3.63, 3.8) is 0 Å². The predicted octanol–water partition coefficient (Wildman–Crippen LogP) is -1.28. The lowest BCUT2D eigenvalue weighted by atomic mass is 9.97. The van der Waals surface area contributed by atoms with Crippen LogP contribution in [-0.2, 0) is 19.2 Å². The number of likely N-dealkylation sites (tertiary alicyclic amines) is 1. The molecule has 0 aromatic carbocycles. The summed E-state index contributed by atoms with van der Waals surface area (Å²) in [5.74, 6) is -2.45. The Morgan fingerprint density at radius 2 is 2.16 bits per heavy atom. The van der Waals surface area contributed by atoms with Crippen molar-refractivity contribution in [3.05, 3.63) is 22.1 Å². The summed E-state index contributed by atoms with van der Waals surface area (Å²) >= 11 is 2.46. The van der Waals surface area contributed by atoms with Crippen LogP contribution in [0, 0.1) is 0 Å². The number of carbonyl (C=O) groups excluding carboxylic acids is 3. The number of fused-ring (bicyclic) bond motifs is 1. The van der Waals surface area contributed by atoms with E-state index in [0.29, 0.717) is 12.1 Å². The molecule has 0 bridgehead atoms. The van der Waals surface area contributed by atoms with E-state index in [9.17, 15) is 19.5 Å². The molecule has 0 aliphatic carbocycles. The number of anilines is 1. The van der Waals surface area contributed by atoms with Gasteiger partial charge in [-0.25, -0.2) is 4.98 Å². The van der Waals surface area contributed by atoms with E-state index in [1.165, 1.54) is 23.8 Å². The second-order valence-corrected chi connectivity index (χ2v) is 10.1. The van der Waals surface area contributed by atoms with Crippen LogP contribution in [0.2, 0.25) is 0 Å². The van der Waals surface area contributed by atoms with Crippen LogP contribution < -0.4 is 16.2 Å². The molecule has 4 heterocycles. The third kappa shape index (κ3) is 4.07. The van der Waals surface area contributed by atoms with Gasteiger partial charge in [-0.2, -0.15) is 0 Å². The van der Waals surface area contributed by atoms with Crippen LogP contribution in [-0.4, -0.2) is 89.1 Å². The van der Waals surface area contributed by atoms with Crippen LogP contribution in [0.5, 0.6) is 0 Å². The molecule has 3 aliphatic heterocycles. The van der Waals surface area contributed by atoms with Gasteiger partial charge in [-0.1, -0.05) is 5.16 Å². The summed E-state index contributed by atoms with van der Waals surface area (Å²) < 4.78 is 0.747. The number of nitrogens with two attached hydrogens (primary N) is 1. The highest BCUT2D eigenvalue weighted by Gasteiger charge is 2.55. The number of hydrogen-bond donors (Lipinski definition) is 2. The van der Waals surface area contributed by atoms with E-state index in [0.717, 1.165) is 41.8 Å². The zero-order chi connectivity index (χ0) is 23.0. The van der Waals surface area contributed by atoms with Crippen molar-refractivity contribution in [1.29, 1.82) is 0 Å². The maximum Gasteiger partial charge on any atom is 0.276 e. The molecule has 3 aliphatic rings. The highest BCUT2D eigenvalue weighted by atomic mass is 32.2. The summed E-state index contributed by atoms with van der Waals surface area (Å²) in [5.41, 5.74) is 6.40. The summed E-state index contributed by atoms with van der Waals surface area (Å²) in [7, 11) is 3.39. The fourth-order valence-corrected chi connectivity index (χ4v) is 6.19. The number of carboxylic acid groups (broad SMARTS) is 1. The average molecular weight is 481 g/mol. The first-order valence-electron chi connectivity index (χ1n) is 10.1. The number of quaternary nitrogens is 1. The van der Waals surface area contributed by atoms with E-state index in [1.807, 2.05) is 0 Å². The number of hydrogen-bond acceptors (Lipinski definition) is 10. The molecule has 4 rings (SSSR count). The molecule has 11 nitrogen and oxygen atoms in total. The van der Waals surface area contributed by atoms with Crippen LogP contribution in [0.1, 0.15) is 18.5 Å². The Bertz CT molecular complexity index is 1000. The van der Waals surface area contributed by atoms with Gasteiger partial charge in [0.1, 0.15) is 36.8 Å². The largest absolute Gasteiger partial charge is 0.548 e. The Hall–Kier alpha value is -2.64. The smallest absolute Gasteiger partial charge is 0.276 e. The highest BCUT2D eigenvalue weighted by molar-refractivity contribution is 8.03. The normalized spacial score (nSPS) is 26.8. The molecule has 172 valence electrons. The standard InChI is InChI=1S/C19H24N6O5S2/c1-25(5-3-4-6-25)7-10-8-31-17-13(16(27)24(17)14(10)18(28)29)22-15(26)12(23-30-2)11-9-32-19(20)21-11/h8-9,13-14,17H,3-7H2,1-2H3,(H3-,20,21,22,26,28,29)/b23-12-/t13-,14?,17-/m0/s1. The third-order valence-corrected chi connectivity index (χ3v) is 7.84. The van der Waals surface area contributed by atoms with Crippen molar-refractivity contribution in [2.45, 2.75) is 30.3 Å². The van der Waals surface area contributed by atoms with Crippen molar-refractivity contribution in [1.82, 2.24) is 15.2 Å². The second-order valence-electron chi connectivity index (χ2n) is 8.26. The molecule has 0 spiro atoms. The lowest BCUT2D eigenvalue weighted by Gasteiger charge is -2.53. The van der Waals surface area contributed by atoms with Gasteiger partial charge < -0.3 is 35.2 Å². The molecule has 2 fully saturated rings. The predicted molar refractivity (Wildman–Crippen MR) is 117 cm³/mol. The number of nitrogens with zero attached hydrogens (tertiary/aromatic N) is 4. The minimum atomic E-state index is -1.31. The maximum atomic E-state index is 12.9. The zero-order valence-electron chi connectivity index (χ0n) is 17.6. The van der Waals surface area contributed by atoms with Gasteiger partial charge in [-0.3, -0.25) is 9.59 Å². The van der Waals surface area contributed by atoms with Crippen LogP contribution in [0.4, 0.5) is 5.13 Å². The van der Waals surface area contributed by atoms with Gasteiger partial charge in [0, 0.05) is 23.8 Å². The fraction of sp³-hybridized carbons (Fsp3) is 0.526. The molecule has 0 saturated carbocycles. The van der Waals surface area contributed by atoms with Crippen molar-refractivity contribution in [2.75, 3.05) is 39.5 Å². The number of amides is 2. The molecule has 3 atom stereocenters. The molecule has 1 aromatic heterocycles. The van der Waals surface area contributed by atoms with E-state index in [4.69, 9.17) is 10.6 Å². The number of thiazole rings is 1. The molecule has 2 amide bonds. The van der Waals surface area contributed by atoms with E-state index >= 15 is 0 Å². The second kappa shape index (κ2) is 8.71. The Balaban J connectivity index is 1.51. The number of β-lactam (4-membered cyclic amide) rings is 1. The number of likely N-dealkylation sites (N-methyl/N-ethyl adjacent to an activating group) is 1. The number of carboxylic acids is 1. The maximum absolute atomic E-state index is 12.9. The number of thioether (sulfide) groups is 1. The van der Waals surface area contributed by atoms with E-state index < -0.39 is 35.2 Å². The third-order valence-electron chi connectivity index (χ3n) is 5.95. The van der Waals surface area contributed by atoms with E-state index in [2.05, 4.69) is 22.5 Å². The zero-order valence-corrected chi connectivity index (χ0v) is 19.3. The summed E-state index contributed by atoms with van der Waals surface area (Å²) in [5, 5.41) is 21.4. The van der Waals surface area contributed by atoms with Gasteiger partial charge in [0.05, 0.1) is 26.1 Å². The summed E-state index contributed by atoms with van der Waals surface area (Å²) in [6.45, 7) is 2.50. The molecule has 1 aromatic rings. The van der Waals surface area contributed by atoms with Crippen molar-refractivity contribution in [3.8, 4) is 0 Å². The van der Waals surface area contributed by atoms with Crippen molar-refractivity contribution >= 4 is 51.7 Å². The van der Waals surface area contributed by atoms with Gasteiger partial charge in [0.25, 0.3) is 5.91 Å². The lowest BCUT2D eigenvalue weighted by molar-refractivity contribution is -0.893. The summed E-state index contributed by atoms with van der Waals surface area (Å²) in [6.07, 6.45) is 2.20. The Kier molecular flexibility index (Phi) is 6.14. The minimum absolute atomic E-state index is 0.119. The van der Waals surface area contributed by atoms with Crippen molar-refractivity contribution < 1.29 is 28.8 Å².